The van der Waals surface area contributed by atoms with Crippen molar-refractivity contribution in [2.45, 2.75) is 65.9 Å². The maximum atomic E-state index is 12.3. The predicted octanol–water partition coefficient (Wildman–Crippen LogP) is 5.83. The van der Waals surface area contributed by atoms with E-state index in [0.717, 1.165) is 47.2 Å². The number of hydrogen-bond donors (Lipinski definition) is 4. The Labute approximate surface area is 331 Å². The number of phenols is 1. The quantitative estimate of drug-likeness (QED) is 0.146. The van der Waals surface area contributed by atoms with Crippen LogP contribution in [0.3, 0.4) is 0 Å². The lowest BCUT2D eigenvalue weighted by Crippen LogP contribution is -2.44. The molecule has 2 heterocycles. The summed E-state index contributed by atoms with van der Waals surface area (Å²) in [4.78, 5) is 24.7. The van der Waals surface area contributed by atoms with E-state index in [1.807, 2.05) is 71.1 Å². The van der Waals surface area contributed by atoms with Crippen molar-refractivity contribution in [1.29, 1.82) is 0 Å². The number of carbonyl (C=O) groups is 2. The first-order chi connectivity index (χ1) is 26.8. The topological polar surface area (TPSA) is 158 Å². The number of rotatable bonds is 14. The van der Waals surface area contributed by atoms with Gasteiger partial charge in [0.25, 0.3) is 0 Å². The first kappa shape index (κ1) is 43.7. The summed E-state index contributed by atoms with van der Waals surface area (Å²) in [5, 5.41) is 19.8. The SMILES string of the molecule is CCC.CNCC(C)(C)OCC(C)(C)C(=O)NCCc1ccc(O)cc1.COc1cc(C2c3cc4c(cc3C3=NNCC3C2C=O)OCO4)cc(OC)c1OC. The van der Waals surface area contributed by atoms with Gasteiger partial charge in [-0.25, -0.2) is 0 Å². The number of ether oxygens (including phenoxy) is 6. The molecule has 56 heavy (non-hydrogen) atoms. The molecule has 0 radical (unpaired) electrons. The van der Waals surface area contributed by atoms with Crippen LogP contribution < -0.4 is 39.7 Å². The van der Waals surface area contributed by atoms with Crippen molar-refractivity contribution in [2.24, 2.45) is 22.4 Å². The van der Waals surface area contributed by atoms with E-state index in [2.05, 4.69) is 35.0 Å². The number of hydrogen-bond acceptors (Lipinski definition) is 12. The molecule has 3 aromatic rings. The van der Waals surface area contributed by atoms with Gasteiger partial charge in [0, 0.05) is 43.0 Å². The van der Waals surface area contributed by atoms with Crippen molar-refractivity contribution in [2.75, 3.05) is 61.4 Å². The molecule has 3 unspecified atom stereocenters. The molecular weight excluding hydrogens is 716 g/mol. The van der Waals surface area contributed by atoms with Gasteiger partial charge in [-0.3, -0.25) is 4.79 Å². The number of amides is 1. The molecule has 306 valence electrons. The first-order valence-corrected chi connectivity index (χ1v) is 19.1. The first-order valence-electron chi connectivity index (χ1n) is 19.1. The van der Waals surface area contributed by atoms with Crippen LogP contribution in [0.4, 0.5) is 0 Å². The van der Waals surface area contributed by atoms with Gasteiger partial charge in [-0.15, -0.1) is 0 Å². The fourth-order valence-corrected chi connectivity index (χ4v) is 6.86. The highest BCUT2D eigenvalue weighted by molar-refractivity contribution is 6.08. The van der Waals surface area contributed by atoms with Gasteiger partial charge in [0.15, 0.2) is 23.0 Å². The molecule has 0 spiro atoms. The van der Waals surface area contributed by atoms with Crippen LogP contribution in [0, 0.1) is 17.3 Å². The number of carbonyl (C=O) groups excluding carboxylic acids is 2. The molecule has 13 nitrogen and oxygen atoms in total. The van der Waals surface area contributed by atoms with Gasteiger partial charge in [-0.2, -0.15) is 5.10 Å². The van der Waals surface area contributed by atoms with Crippen LogP contribution in [-0.4, -0.2) is 90.0 Å². The number of nitrogens with zero attached hydrogens (tertiary/aromatic N) is 1. The van der Waals surface area contributed by atoms with Crippen LogP contribution in [0.25, 0.3) is 0 Å². The van der Waals surface area contributed by atoms with Crippen molar-refractivity contribution in [1.82, 2.24) is 16.1 Å². The molecular formula is C43H60N4O9. The molecule has 1 amide bonds. The standard InChI is InChI=1S/C22H22N2O6.C18H30N2O3.C3H8/c1-26-18-4-11(5-19(27-2)22(18)28-3)20-12-6-16-17(30-10-29-16)7-13(12)21-14(8-23-24-21)15(20)9-25;1-17(2,13-23-18(3,4)12-19-5)16(22)20-11-10-14-6-8-15(21)9-7-14;1-3-2/h4-7,9,14-15,20,23H,8,10H2,1-3H3;6-9,19,21H,10-13H2,1-5H3,(H,20,22);3H2,1-2H3. The Bertz CT molecular complexity index is 1780. The molecule has 3 aromatic carbocycles. The minimum Gasteiger partial charge on any atom is -0.508 e. The largest absolute Gasteiger partial charge is 0.508 e. The number of fused-ring (bicyclic) bond motifs is 4. The second-order valence-corrected chi connectivity index (χ2v) is 15.3. The van der Waals surface area contributed by atoms with Crippen LogP contribution in [0.1, 0.15) is 76.1 Å². The average Bonchev–Trinajstić information content (AvgIpc) is 3.87. The van der Waals surface area contributed by atoms with E-state index in [1.54, 1.807) is 33.5 Å². The summed E-state index contributed by atoms with van der Waals surface area (Å²) < 4.78 is 33.7. The highest BCUT2D eigenvalue weighted by Crippen LogP contribution is 2.50. The number of phenolic OH excluding ortho intramolecular Hbond substituents is 1. The molecule has 13 heteroatoms. The summed E-state index contributed by atoms with van der Waals surface area (Å²) in [5.74, 6) is 2.61. The Balaban J connectivity index is 0.000000241. The molecule has 6 rings (SSSR count). The number of methoxy groups -OCH3 is 3. The second kappa shape index (κ2) is 19.7. The minimum atomic E-state index is -0.583. The Morgan fingerprint density at radius 1 is 0.982 bits per heavy atom. The van der Waals surface area contributed by atoms with E-state index in [9.17, 15) is 14.7 Å². The van der Waals surface area contributed by atoms with Gasteiger partial charge in [0.1, 0.15) is 12.0 Å². The molecule has 4 N–H and O–H groups in total. The highest BCUT2D eigenvalue weighted by atomic mass is 16.7. The summed E-state index contributed by atoms with van der Waals surface area (Å²) in [7, 11) is 6.61. The van der Waals surface area contributed by atoms with Gasteiger partial charge in [-0.1, -0.05) is 32.4 Å². The number of benzene rings is 3. The molecule has 0 bridgehead atoms. The van der Waals surface area contributed by atoms with Crippen LogP contribution in [0.5, 0.6) is 34.5 Å². The van der Waals surface area contributed by atoms with Crippen LogP contribution in [-0.2, 0) is 20.7 Å². The second-order valence-electron chi connectivity index (χ2n) is 15.3. The molecule has 3 aliphatic rings. The lowest BCUT2D eigenvalue weighted by Gasteiger charge is -2.35. The molecule has 1 aliphatic carbocycles. The molecule has 0 saturated carbocycles. The Hall–Kier alpha value is -5.01. The van der Waals surface area contributed by atoms with Gasteiger partial charge in [0.2, 0.25) is 18.4 Å². The zero-order valence-corrected chi connectivity index (χ0v) is 34.5. The van der Waals surface area contributed by atoms with Crippen LogP contribution >= 0.6 is 0 Å². The van der Waals surface area contributed by atoms with Gasteiger partial charge < -0.3 is 54.4 Å². The lowest BCUT2D eigenvalue weighted by atomic mass is 9.66. The Kier molecular flexibility index (Phi) is 15.4. The molecule has 0 fully saturated rings. The van der Waals surface area contributed by atoms with Crippen molar-refractivity contribution in [3.05, 3.63) is 70.8 Å². The van der Waals surface area contributed by atoms with Crippen molar-refractivity contribution < 1.29 is 43.1 Å². The van der Waals surface area contributed by atoms with Crippen molar-refractivity contribution >= 4 is 17.9 Å². The zero-order valence-electron chi connectivity index (χ0n) is 34.5. The van der Waals surface area contributed by atoms with E-state index in [-0.39, 0.29) is 41.8 Å². The third-order valence-corrected chi connectivity index (χ3v) is 9.75. The van der Waals surface area contributed by atoms with Crippen molar-refractivity contribution in [3.8, 4) is 34.5 Å². The monoisotopic (exact) mass is 776 g/mol. The summed E-state index contributed by atoms with van der Waals surface area (Å²) in [6.45, 7) is 14.5. The van der Waals surface area contributed by atoms with Crippen LogP contribution in [0.15, 0.2) is 53.6 Å². The fourth-order valence-electron chi connectivity index (χ4n) is 6.86. The fraction of sp³-hybridized carbons (Fsp3) is 0.512. The van der Waals surface area contributed by atoms with E-state index in [4.69, 9.17) is 28.4 Å². The van der Waals surface area contributed by atoms with E-state index >= 15 is 0 Å². The average molecular weight is 777 g/mol. The predicted molar refractivity (Wildman–Crippen MR) is 217 cm³/mol. The third-order valence-electron chi connectivity index (χ3n) is 9.75. The Morgan fingerprint density at radius 3 is 2.18 bits per heavy atom. The normalized spacial score (nSPS) is 17.7. The van der Waals surface area contributed by atoms with E-state index in [0.29, 0.717) is 48.4 Å². The van der Waals surface area contributed by atoms with E-state index in [1.165, 1.54) is 6.42 Å². The van der Waals surface area contributed by atoms with E-state index < -0.39 is 5.41 Å². The number of likely N-dealkylation sites (N-methyl/N-ethyl adjacent to an activating group) is 1. The van der Waals surface area contributed by atoms with Gasteiger partial charge in [-0.05, 0) is 94.3 Å². The maximum absolute atomic E-state index is 12.3. The Morgan fingerprint density at radius 2 is 1.61 bits per heavy atom. The van der Waals surface area contributed by atoms with Crippen LogP contribution in [0.2, 0.25) is 0 Å². The number of aromatic hydroxyl groups is 1. The molecule has 0 saturated heterocycles. The lowest BCUT2D eigenvalue weighted by molar-refractivity contribution is -0.136. The molecule has 0 aromatic heterocycles. The van der Waals surface area contributed by atoms with Gasteiger partial charge in [0.05, 0.1) is 44.7 Å². The maximum Gasteiger partial charge on any atom is 0.231 e. The summed E-state index contributed by atoms with van der Waals surface area (Å²) in [6, 6.07) is 14.7. The number of nitrogens with one attached hydrogen (secondary N) is 3. The minimum absolute atomic E-state index is 0.0171. The summed E-state index contributed by atoms with van der Waals surface area (Å²) >= 11 is 0. The number of aldehydes is 1. The highest BCUT2D eigenvalue weighted by Gasteiger charge is 2.45. The smallest absolute Gasteiger partial charge is 0.231 e. The molecule has 3 atom stereocenters. The number of hydrazone groups is 1. The summed E-state index contributed by atoms with van der Waals surface area (Å²) in [6.07, 6.45) is 3.00. The van der Waals surface area contributed by atoms with Gasteiger partial charge >= 0.3 is 0 Å². The van der Waals surface area contributed by atoms with Crippen molar-refractivity contribution in [3.63, 3.8) is 0 Å². The third kappa shape index (κ3) is 10.4. The summed E-state index contributed by atoms with van der Waals surface area (Å²) in [5.41, 5.74) is 6.95. The zero-order chi connectivity index (χ0) is 41.0. The molecule has 2 aliphatic heterocycles.